The van der Waals surface area contributed by atoms with E-state index in [1.165, 1.54) is 11.3 Å². The third-order valence-electron chi connectivity index (χ3n) is 4.71. The van der Waals surface area contributed by atoms with Gasteiger partial charge in [0.2, 0.25) is 5.91 Å². The number of benzene rings is 2. The molecule has 7 heteroatoms. The van der Waals surface area contributed by atoms with Crippen LogP contribution in [0.25, 0.3) is 10.8 Å². The average molecular weight is 420 g/mol. The smallest absolute Gasteiger partial charge is 0.387 e. The molecule has 0 N–H and O–H groups in total. The second kappa shape index (κ2) is 9.37. The van der Waals surface area contributed by atoms with E-state index >= 15 is 0 Å². The molecule has 0 fully saturated rings. The third kappa shape index (κ3) is 4.93. The van der Waals surface area contributed by atoms with Gasteiger partial charge in [0.1, 0.15) is 6.54 Å². The summed E-state index contributed by atoms with van der Waals surface area (Å²) in [5.41, 5.74) is 2.19. The zero-order valence-corrected chi connectivity index (χ0v) is 17.1. The number of rotatable bonds is 8. The lowest BCUT2D eigenvalue weighted by molar-refractivity contribution is -0.132. The van der Waals surface area contributed by atoms with Gasteiger partial charge in [0.05, 0.1) is 4.88 Å². The summed E-state index contributed by atoms with van der Waals surface area (Å²) in [6, 6.07) is 23.5. The van der Waals surface area contributed by atoms with E-state index in [0.29, 0.717) is 13.1 Å². The largest absolute Gasteiger partial charge is 0.437 e. The van der Waals surface area contributed by atoms with Crippen molar-refractivity contribution in [2.45, 2.75) is 19.5 Å². The summed E-state index contributed by atoms with van der Waals surface area (Å²) in [5.74, 6) is -0.570. The summed E-state index contributed by atoms with van der Waals surface area (Å²) in [6.45, 7) is 0.856. The Bertz CT molecular complexity index is 1140. The number of carbonyl (C=O) groups excluding carboxylic acids is 1. The van der Waals surface area contributed by atoms with E-state index in [0.717, 1.165) is 27.1 Å². The molecule has 0 unspecified atom stereocenters. The van der Waals surface area contributed by atoms with Crippen molar-refractivity contribution >= 4 is 17.2 Å². The van der Waals surface area contributed by atoms with Gasteiger partial charge in [0.25, 0.3) is 5.89 Å². The molecule has 0 spiro atoms. The molecular weight excluding hydrogens is 398 g/mol. The summed E-state index contributed by atoms with van der Waals surface area (Å²) in [4.78, 5) is 27.8. The standard InChI is InChI=1S/C23H21N3O3S/c27-21(17-26-23(28)29-22(24-26)20-12-7-15-30-20)25(16-19-10-5-2-6-11-19)14-13-18-8-3-1-4-9-18/h1-12,15H,13-14,16-17H2. The molecule has 30 heavy (non-hydrogen) atoms. The van der Waals surface area contributed by atoms with E-state index in [4.69, 9.17) is 4.42 Å². The number of hydrogen-bond donors (Lipinski definition) is 0. The summed E-state index contributed by atoms with van der Waals surface area (Å²) in [7, 11) is 0. The van der Waals surface area contributed by atoms with Crippen LogP contribution in [0, 0.1) is 0 Å². The van der Waals surface area contributed by atoms with Crippen LogP contribution >= 0.6 is 11.3 Å². The Morgan fingerprint density at radius 1 is 0.967 bits per heavy atom. The highest BCUT2D eigenvalue weighted by Crippen LogP contribution is 2.21. The van der Waals surface area contributed by atoms with E-state index < -0.39 is 5.76 Å². The third-order valence-corrected chi connectivity index (χ3v) is 5.56. The van der Waals surface area contributed by atoms with Crippen molar-refractivity contribution in [3.05, 3.63) is 99.9 Å². The Morgan fingerprint density at radius 2 is 1.67 bits per heavy atom. The van der Waals surface area contributed by atoms with Crippen LogP contribution in [0.15, 0.2) is 87.4 Å². The normalized spacial score (nSPS) is 10.8. The second-order valence-corrected chi connectivity index (χ2v) is 7.79. The molecule has 0 saturated heterocycles. The van der Waals surface area contributed by atoms with Crippen molar-refractivity contribution < 1.29 is 9.21 Å². The second-order valence-electron chi connectivity index (χ2n) is 6.84. The van der Waals surface area contributed by atoms with Crippen LogP contribution < -0.4 is 5.76 Å². The lowest BCUT2D eigenvalue weighted by atomic mass is 10.1. The van der Waals surface area contributed by atoms with Crippen LogP contribution in [-0.4, -0.2) is 27.1 Å². The molecule has 1 amide bonds. The van der Waals surface area contributed by atoms with Gasteiger partial charge in [0, 0.05) is 13.1 Å². The number of hydrogen-bond acceptors (Lipinski definition) is 5. The predicted molar refractivity (Wildman–Crippen MR) is 116 cm³/mol. The van der Waals surface area contributed by atoms with E-state index in [-0.39, 0.29) is 18.3 Å². The maximum Gasteiger partial charge on any atom is 0.437 e. The Hall–Kier alpha value is -3.45. The quantitative estimate of drug-likeness (QED) is 0.435. The minimum atomic E-state index is -0.630. The average Bonchev–Trinajstić information content (AvgIpc) is 3.43. The molecule has 0 aliphatic carbocycles. The van der Waals surface area contributed by atoms with Crippen molar-refractivity contribution in [1.29, 1.82) is 0 Å². The fourth-order valence-corrected chi connectivity index (χ4v) is 3.78. The van der Waals surface area contributed by atoms with E-state index in [9.17, 15) is 9.59 Å². The van der Waals surface area contributed by atoms with E-state index in [1.807, 2.05) is 78.2 Å². The molecule has 152 valence electrons. The van der Waals surface area contributed by atoms with Crippen LogP contribution in [-0.2, 0) is 24.3 Å². The van der Waals surface area contributed by atoms with Crippen molar-refractivity contribution in [3.63, 3.8) is 0 Å². The molecule has 0 bridgehead atoms. The van der Waals surface area contributed by atoms with Crippen LogP contribution in [0.3, 0.4) is 0 Å². The molecular formula is C23H21N3O3S. The molecule has 0 radical (unpaired) electrons. The zero-order chi connectivity index (χ0) is 20.8. The van der Waals surface area contributed by atoms with Crippen molar-refractivity contribution in [3.8, 4) is 10.8 Å². The fourth-order valence-electron chi connectivity index (χ4n) is 3.14. The molecule has 2 aromatic heterocycles. The first-order valence-corrected chi connectivity index (χ1v) is 10.5. The zero-order valence-electron chi connectivity index (χ0n) is 16.3. The molecule has 2 aromatic carbocycles. The van der Waals surface area contributed by atoms with Gasteiger partial charge in [-0.25, -0.2) is 4.79 Å². The summed E-state index contributed by atoms with van der Waals surface area (Å²) in [6.07, 6.45) is 0.730. The minimum absolute atomic E-state index is 0.157. The maximum absolute atomic E-state index is 13.1. The molecule has 0 atom stereocenters. The predicted octanol–water partition coefficient (Wildman–Crippen LogP) is 3.84. The van der Waals surface area contributed by atoms with E-state index in [1.54, 1.807) is 4.90 Å². The first-order chi connectivity index (χ1) is 14.7. The Balaban J connectivity index is 1.50. The van der Waals surface area contributed by atoms with Gasteiger partial charge in [-0.05, 0) is 29.0 Å². The molecule has 0 saturated carbocycles. The molecule has 4 aromatic rings. The van der Waals surface area contributed by atoms with Gasteiger partial charge in [-0.15, -0.1) is 16.4 Å². The lowest BCUT2D eigenvalue weighted by Crippen LogP contribution is -2.37. The number of amides is 1. The van der Waals surface area contributed by atoms with Gasteiger partial charge in [-0.2, -0.15) is 4.68 Å². The van der Waals surface area contributed by atoms with Crippen molar-refractivity contribution in [2.75, 3.05) is 6.54 Å². The monoisotopic (exact) mass is 419 g/mol. The topological polar surface area (TPSA) is 68.3 Å². The minimum Gasteiger partial charge on any atom is -0.387 e. The lowest BCUT2D eigenvalue weighted by Gasteiger charge is -2.23. The number of nitrogens with zero attached hydrogens (tertiary/aromatic N) is 3. The molecule has 0 aliphatic heterocycles. The van der Waals surface area contributed by atoms with Crippen LogP contribution in [0.1, 0.15) is 11.1 Å². The Labute approximate surface area is 178 Å². The molecule has 2 heterocycles. The highest BCUT2D eigenvalue weighted by molar-refractivity contribution is 7.13. The molecule has 6 nitrogen and oxygen atoms in total. The van der Waals surface area contributed by atoms with Crippen LogP contribution in [0.2, 0.25) is 0 Å². The summed E-state index contributed by atoms with van der Waals surface area (Å²) in [5, 5.41) is 6.08. The first kappa shape index (κ1) is 19.8. The highest BCUT2D eigenvalue weighted by Gasteiger charge is 2.19. The van der Waals surface area contributed by atoms with Gasteiger partial charge in [-0.3, -0.25) is 4.79 Å². The van der Waals surface area contributed by atoms with Gasteiger partial charge < -0.3 is 9.32 Å². The van der Waals surface area contributed by atoms with Crippen LogP contribution in [0.5, 0.6) is 0 Å². The van der Waals surface area contributed by atoms with E-state index in [2.05, 4.69) is 5.10 Å². The van der Waals surface area contributed by atoms with Gasteiger partial charge >= 0.3 is 5.76 Å². The number of carbonyl (C=O) groups is 1. The summed E-state index contributed by atoms with van der Waals surface area (Å²) < 4.78 is 6.32. The molecule has 0 aliphatic rings. The Kier molecular flexibility index (Phi) is 6.20. The maximum atomic E-state index is 13.1. The number of thiophene rings is 1. The highest BCUT2D eigenvalue weighted by atomic mass is 32.1. The summed E-state index contributed by atoms with van der Waals surface area (Å²) >= 11 is 1.43. The SMILES string of the molecule is O=C(Cn1nc(-c2cccs2)oc1=O)N(CCc1ccccc1)Cc1ccccc1. The number of aromatic nitrogens is 2. The molecule has 4 rings (SSSR count). The van der Waals surface area contributed by atoms with Crippen molar-refractivity contribution in [2.24, 2.45) is 0 Å². The first-order valence-electron chi connectivity index (χ1n) is 9.66. The van der Waals surface area contributed by atoms with Gasteiger partial charge in [0.15, 0.2) is 0 Å². The fraction of sp³-hybridized carbons (Fsp3) is 0.174. The van der Waals surface area contributed by atoms with Crippen molar-refractivity contribution in [1.82, 2.24) is 14.7 Å². The van der Waals surface area contributed by atoms with Gasteiger partial charge in [-0.1, -0.05) is 66.7 Å². The Morgan fingerprint density at radius 3 is 2.33 bits per heavy atom. The van der Waals surface area contributed by atoms with Crippen LogP contribution in [0.4, 0.5) is 0 Å².